The van der Waals surface area contributed by atoms with Crippen molar-refractivity contribution in [1.82, 2.24) is 9.47 Å². The Hall–Kier alpha value is -1.78. The third-order valence-corrected chi connectivity index (χ3v) is 3.88. The molecule has 1 aromatic rings. The fraction of sp³-hybridized carbons (Fsp3) is 0.571. The highest BCUT2D eigenvalue weighted by Crippen LogP contribution is 2.24. The van der Waals surface area contributed by atoms with E-state index in [1.165, 1.54) is 0 Å². The van der Waals surface area contributed by atoms with Gasteiger partial charge in [-0.25, -0.2) is 0 Å². The Bertz CT molecular complexity index is 481. The van der Waals surface area contributed by atoms with Crippen molar-refractivity contribution in [3.05, 3.63) is 24.0 Å². The molecule has 0 spiro atoms. The predicted molar refractivity (Wildman–Crippen MR) is 71.0 cm³/mol. The molecule has 2 heterocycles. The van der Waals surface area contributed by atoms with E-state index >= 15 is 0 Å². The first-order valence-corrected chi connectivity index (χ1v) is 6.73. The zero-order valence-electron chi connectivity index (χ0n) is 11.4. The topological polar surface area (TPSA) is 62.5 Å². The summed E-state index contributed by atoms with van der Waals surface area (Å²) in [6.07, 6.45) is 2.97. The van der Waals surface area contributed by atoms with Crippen LogP contribution in [0.15, 0.2) is 18.3 Å². The second-order valence-electron chi connectivity index (χ2n) is 5.09. The minimum Gasteiger partial charge on any atom is -0.481 e. The molecule has 19 heavy (non-hydrogen) atoms. The number of carbonyl (C=O) groups is 2. The zero-order chi connectivity index (χ0) is 14.0. The molecule has 1 saturated heterocycles. The lowest BCUT2D eigenvalue weighted by Crippen LogP contribution is -2.46. The molecule has 2 rings (SSSR count). The first-order valence-electron chi connectivity index (χ1n) is 6.73. The molecule has 104 valence electrons. The molecule has 1 N–H and O–H groups in total. The lowest BCUT2D eigenvalue weighted by Gasteiger charge is -2.36. The van der Waals surface area contributed by atoms with Gasteiger partial charge in [-0.3, -0.25) is 9.59 Å². The maximum Gasteiger partial charge on any atom is 0.306 e. The van der Waals surface area contributed by atoms with Crippen LogP contribution >= 0.6 is 0 Å². The van der Waals surface area contributed by atoms with E-state index in [2.05, 4.69) is 0 Å². The smallest absolute Gasteiger partial charge is 0.306 e. The largest absolute Gasteiger partial charge is 0.481 e. The minimum absolute atomic E-state index is 0.00295. The van der Waals surface area contributed by atoms with E-state index in [4.69, 9.17) is 5.11 Å². The molecule has 1 aromatic heterocycles. The number of rotatable bonds is 3. The molecule has 0 aliphatic carbocycles. The summed E-state index contributed by atoms with van der Waals surface area (Å²) in [6.45, 7) is 5.20. The van der Waals surface area contributed by atoms with Gasteiger partial charge in [-0.05, 0) is 38.8 Å². The lowest BCUT2D eigenvalue weighted by molar-refractivity contribution is -0.143. The highest BCUT2D eigenvalue weighted by Gasteiger charge is 2.33. The molecule has 0 aromatic carbocycles. The molecule has 2 atom stereocenters. The highest BCUT2D eigenvalue weighted by atomic mass is 16.4. The third kappa shape index (κ3) is 2.64. The van der Waals surface area contributed by atoms with Crippen LogP contribution in [0.4, 0.5) is 0 Å². The standard InChI is InChI=1S/C14H20N2O3/c1-3-15-7-4-5-12(15)13(17)16-8-6-11(14(18)19)9-10(16)2/h4-5,7,10-11H,3,6,8-9H2,1-2H3,(H,18,19). The molecule has 0 radical (unpaired) electrons. The summed E-state index contributed by atoms with van der Waals surface area (Å²) in [6, 6.07) is 3.66. The van der Waals surface area contributed by atoms with Gasteiger partial charge in [0.25, 0.3) is 5.91 Å². The Labute approximate surface area is 112 Å². The molecule has 0 saturated carbocycles. The van der Waals surface area contributed by atoms with Crippen molar-refractivity contribution in [1.29, 1.82) is 0 Å². The van der Waals surface area contributed by atoms with Crippen LogP contribution < -0.4 is 0 Å². The normalized spacial score (nSPS) is 23.4. The summed E-state index contributed by atoms with van der Waals surface area (Å²) in [7, 11) is 0. The Morgan fingerprint density at radius 2 is 2.21 bits per heavy atom. The van der Waals surface area contributed by atoms with Gasteiger partial charge >= 0.3 is 5.97 Å². The average molecular weight is 264 g/mol. The van der Waals surface area contributed by atoms with Crippen LogP contribution in [0.1, 0.15) is 37.2 Å². The van der Waals surface area contributed by atoms with Gasteiger partial charge in [-0.1, -0.05) is 0 Å². The van der Waals surface area contributed by atoms with Gasteiger partial charge in [-0.15, -0.1) is 0 Å². The molecule has 1 amide bonds. The molecule has 1 aliphatic rings. The number of carboxylic acid groups (broad SMARTS) is 1. The van der Waals surface area contributed by atoms with Crippen LogP contribution in [-0.2, 0) is 11.3 Å². The molecule has 0 bridgehead atoms. The van der Waals surface area contributed by atoms with Crippen LogP contribution in [-0.4, -0.2) is 39.0 Å². The number of hydrogen-bond acceptors (Lipinski definition) is 2. The van der Waals surface area contributed by atoms with Crippen molar-refractivity contribution in [3.8, 4) is 0 Å². The third-order valence-electron chi connectivity index (χ3n) is 3.88. The first kappa shape index (κ1) is 13.6. The van der Waals surface area contributed by atoms with Gasteiger partial charge in [-0.2, -0.15) is 0 Å². The minimum atomic E-state index is -0.754. The number of nitrogens with zero attached hydrogens (tertiary/aromatic N) is 2. The predicted octanol–water partition coefficient (Wildman–Crippen LogP) is 1.83. The maximum atomic E-state index is 12.5. The van der Waals surface area contributed by atoms with E-state index in [1.54, 1.807) is 4.90 Å². The molecule has 2 unspecified atom stereocenters. The van der Waals surface area contributed by atoms with E-state index in [1.807, 2.05) is 36.7 Å². The number of amides is 1. The molecule has 1 fully saturated rings. The maximum absolute atomic E-state index is 12.5. The van der Waals surface area contributed by atoms with E-state index in [9.17, 15) is 9.59 Å². The van der Waals surface area contributed by atoms with Crippen molar-refractivity contribution >= 4 is 11.9 Å². The van der Waals surface area contributed by atoms with Crippen LogP contribution in [0.3, 0.4) is 0 Å². The summed E-state index contributed by atoms with van der Waals surface area (Å²) in [5, 5.41) is 9.04. The second kappa shape index (κ2) is 5.47. The van der Waals surface area contributed by atoms with Crippen LogP contribution in [0.2, 0.25) is 0 Å². The van der Waals surface area contributed by atoms with E-state index in [-0.39, 0.29) is 17.9 Å². The molecule has 5 nitrogen and oxygen atoms in total. The van der Waals surface area contributed by atoms with Crippen LogP contribution in [0, 0.1) is 5.92 Å². The van der Waals surface area contributed by atoms with E-state index in [0.717, 1.165) is 6.54 Å². The summed E-state index contributed by atoms with van der Waals surface area (Å²) < 4.78 is 1.92. The summed E-state index contributed by atoms with van der Waals surface area (Å²) in [5.74, 6) is -1.07. The number of aliphatic carboxylic acids is 1. The number of hydrogen-bond donors (Lipinski definition) is 1. The van der Waals surface area contributed by atoms with E-state index < -0.39 is 5.97 Å². The van der Waals surface area contributed by atoms with Gasteiger partial charge in [0.1, 0.15) is 5.69 Å². The number of aromatic nitrogens is 1. The summed E-state index contributed by atoms with van der Waals surface area (Å²) in [5.41, 5.74) is 0.683. The van der Waals surface area contributed by atoms with Crippen molar-refractivity contribution in [2.45, 2.75) is 39.3 Å². The monoisotopic (exact) mass is 264 g/mol. The molecule has 5 heteroatoms. The number of aryl methyl sites for hydroxylation is 1. The van der Waals surface area contributed by atoms with Crippen LogP contribution in [0.5, 0.6) is 0 Å². The lowest BCUT2D eigenvalue weighted by atomic mass is 9.91. The zero-order valence-corrected chi connectivity index (χ0v) is 11.4. The SMILES string of the molecule is CCn1cccc1C(=O)N1CCC(C(=O)O)CC1C. The van der Waals surface area contributed by atoms with E-state index in [0.29, 0.717) is 25.1 Å². The molecule has 1 aliphatic heterocycles. The quantitative estimate of drug-likeness (QED) is 0.906. The van der Waals surface area contributed by atoms with Crippen molar-refractivity contribution in [2.75, 3.05) is 6.54 Å². The number of piperidine rings is 1. The number of carboxylic acids is 1. The Kier molecular flexibility index (Phi) is 3.93. The Morgan fingerprint density at radius 3 is 2.79 bits per heavy atom. The highest BCUT2D eigenvalue weighted by molar-refractivity contribution is 5.93. The first-order chi connectivity index (χ1) is 9.04. The number of carbonyl (C=O) groups excluding carboxylic acids is 1. The fourth-order valence-electron chi connectivity index (χ4n) is 2.73. The fourth-order valence-corrected chi connectivity index (χ4v) is 2.73. The van der Waals surface area contributed by atoms with Gasteiger partial charge < -0.3 is 14.6 Å². The van der Waals surface area contributed by atoms with Gasteiger partial charge in [0.05, 0.1) is 5.92 Å². The molecular weight excluding hydrogens is 244 g/mol. The van der Waals surface area contributed by atoms with Crippen molar-refractivity contribution < 1.29 is 14.7 Å². The molecular formula is C14H20N2O3. The van der Waals surface area contributed by atoms with Gasteiger partial charge in [0, 0.05) is 25.3 Å². The second-order valence-corrected chi connectivity index (χ2v) is 5.09. The van der Waals surface area contributed by atoms with Gasteiger partial charge in [0.2, 0.25) is 0 Å². The van der Waals surface area contributed by atoms with Crippen molar-refractivity contribution in [3.63, 3.8) is 0 Å². The summed E-state index contributed by atoms with van der Waals surface area (Å²) in [4.78, 5) is 25.3. The van der Waals surface area contributed by atoms with Crippen molar-refractivity contribution in [2.24, 2.45) is 5.92 Å². The Morgan fingerprint density at radius 1 is 1.47 bits per heavy atom. The van der Waals surface area contributed by atoms with Gasteiger partial charge in [0.15, 0.2) is 0 Å². The average Bonchev–Trinajstić information content (AvgIpc) is 2.85. The number of likely N-dealkylation sites (tertiary alicyclic amines) is 1. The Balaban J connectivity index is 2.11. The van der Waals surface area contributed by atoms with Crippen LogP contribution in [0.25, 0.3) is 0 Å². The summed E-state index contributed by atoms with van der Waals surface area (Å²) >= 11 is 0.